The number of amides is 2. The number of hydrogen-bond donors (Lipinski definition) is 2. The second-order valence-electron chi connectivity index (χ2n) is 6.83. The lowest BCUT2D eigenvalue weighted by molar-refractivity contribution is -0.122. The predicted octanol–water partition coefficient (Wildman–Crippen LogP) is 3.40. The van der Waals surface area contributed by atoms with E-state index in [0.29, 0.717) is 12.8 Å². The third-order valence-electron chi connectivity index (χ3n) is 3.58. The van der Waals surface area contributed by atoms with Crippen molar-refractivity contribution >= 4 is 11.8 Å². The molecule has 0 unspecified atom stereocenters. The Hall–Kier alpha value is -1.06. The summed E-state index contributed by atoms with van der Waals surface area (Å²) in [7, 11) is 0. The topological polar surface area (TPSA) is 58.2 Å². The van der Waals surface area contributed by atoms with Gasteiger partial charge in [0.15, 0.2) is 0 Å². The fourth-order valence-corrected chi connectivity index (χ4v) is 2.23. The maximum absolute atomic E-state index is 11.8. The van der Waals surface area contributed by atoms with Crippen LogP contribution in [0.3, 0.4) is 0 Å². The van der Waals surface area contributed by atoms with Crippen molar-refractivity contribution in [3.63, 3.8) is 0 Å². The minimum atomic E-state index is 0.0643. The Kier molecular flexibility index (Phi) is 10.1. The van der Waals surface area contributed by atoms with Crippen LogP contribution < -0.4 is 10.6 Å². The molecule has 0 saturated heterocycles. The molecule has 2 amide bonds. The minimum Gasteiger partial charge on any atom is -0.356 e. The van der Waals surface area contributed by atoms with Gasteiger partial charge in [0.05, 0.1) is 0 Å². The van der Waals surface area contributed by atoms with Crippen LogP contribution in [0.15, 0.2) is 0 Å². The highest BCUT2D eigenvalue weighted by Gasteiger charge is 2.25. The molecule has 0 heterocycles. The molecule has 21 heavy (non-hydrogen) atoms. The van der Waals surface area contributed by atoms with Crippen LogP contribution in [0.4, 0.5) is 0 Å². The highest BCUT2D eigenvalue weighted by atomic mass is 16.2. The van der Waals surface area contributed by atoms with E-state index in [1.807, 2.05) is 13.8 Å². The molecule has 0 rings (SSSR count). The van der Waals surface area contributed by atoms with E-state index in [9.17, 15) is 9.59 Å². The molecule has 4 nitrogen and oxygen atoms in total. The van der Waals surface area contributed by atoms with Crippen molar-refractivity contribution < 1.29 is 9.59 Å². The average Bonchev–Trinajstić information content (AvgIpc) is 2.36. The molecule has 1 atom stereocenters. The molecular formula is C17H34N2O2. The van der Waals surface area contributed by atoms with Gasteiger partial charge in [0.25, 0.3) is 0 Å². The van der Waals surface area contributed by atoms with Crippen LogP contribution in [0, 0.1) is 5.41 Å². The van der Waals surface area contributed by atoms with E-state index in [0.717, 1.165) is 38.6 Å². The van der Waals surface area contributed by atoms with Crippen molar-refractivity contribution in [3.05, 3.63) is 0 Å². The Balaban J connectivity index is 4.03. The van der Waals surface area contributed by atoms with E-state index >= 15 is 0 Å². The van der Waals surface area contributed by atoms with E-state index in [4.69, 9.17) is 0 Å². The fourth-order valence-electron chi connectivity index (χ4n) is 2.23. The van der Waals surface area contributed by atoms with Gasteiger partial charge in [0.1, 0.15) is 0 Å². The SMILES string of the molecule is CCCC(=O)NCCCC[C@H](NC(=O)CCC)C(C)(C)C. The lowest BCUT2D eigenvalue weighted by Gasteiger charge is -2.31. The smallest absolute Gasteiger partial charge is 0.220 e. The maximum atomic E-state index is 11.8. The van der Waals surface area contributed by atoms with Crippen LogP contribution in [0.2, 0.25) is 0 Å². The van der Waals surface area contributed by atoms with Crippen molar-refractivity contribution in [1.82, 2.24) is 10.6 Å². The van der Waals surface area contributed by atoms with Crippen LogP contribution in [-0.4, -0.2) is 24.4 Å². The number of carbonyl (C=O) groups excluding carboxylic acids is 2. The van der Waals surface area contributed by atoms with Gasteiger partial charge in [-0.05, 0) is 37.5 Å². The van der Waals surface area contributed by atoms with Crippen molar-refractivity contribution in [1.29, 1.82) is 0 Å². The molecular weight excluding hydrogens is 264 g/mol. The van der Waals surface area contributed by atoms with Crippen molar-refractivity contribution in [3.8, 4) is 0 Å². The molecule has 0 fully saturated rings. The number of unbranched alkanes of at least 4 members (excludes halogenated alkanes) is 1. The molecule has 0 saturated carbocycles. The quantitative estimate of drug-likeness (QED) is 0.607. The summed E-state index contributed by atoms with van der Waals surface area (Å²) < 4.78 is 0. The second-order valence-corrected chi connectivity index (χ2v) is 6.83. The largest absolute Gasteiger partial charge is 0.356 e. The van der Waals surface area contributed by atoms with Crippen LogP contribution in [-0.2, 0) is 9.59 Å². The summed E-state index contributed by atoms with van der Waals surface area (Å²) in [6.07, 6.45) is 5.92. The Bertz CT molecular complexity index is 308. The Morgan fingerprint density at radius 3 is 2.05 bits per heavy atom. The fraction of sp³-hybridized carbons (Fsp3) is 0.882. The maximum Gasteiger partial charge on any atom is 0.220 e. The molecule has 2 N–H and O–H groups in total. The highest BCUT2D eigenvalue weighted by Crippen LogP contribution is 2.23. The van der Waals surface area contributed by atoms with E-state index in [1.54, 1.807) is 0 Å². The van der Waals surface area contributed by atoms with Gasteiger partial charge < -0.3 is 10.6 Å². The van der Waals surface area contributed by atoms with E-state index < -0.39 is 0 Å². The van der Waals surface area contributed by atoms with Gasteiger partial charge in [-0.2, -0.15) is 0 Å². The van der Waals surface area contributed by atoms with Gasteiger partial charge in [0.2, 0.25) is 11.8 Å². The lowest BCUT2D eigenvalue weighted by atomic mass is 9.83. The van der Waals surface area contributed by atoms with E-state index in [1.165, 1.54) is 0 Å². The first-order valence-electron chi connectivity index (χ1n) is 8.37. The molecule has 124 valence electrons. The Morgan fingerprint density at radius 2 is 1.52 bits per heavy atom. The first kappa shape index (κ1) is 19.9. The molecule has 0 radical (unpaired) electrons. The number of hydrogen-bond acceptors (Lipinski definition) is 2. The minimum absolute atomic E-state index is 0.0643. The van der Waals surface area contributed by atoms with E-state index in [2.05, 4.69) is 31.4 Å². The van der Waals surface area contributed by atoms with Crippen LogP contribution in [0.25, 0.3) is 0 Å². The summed E-state index contributed by atoms with van der Waals surface area (Å²) in [6, 6.07) is 0.197. The van der Waals surface area contributed by atoms with Crippen LogP contribution in [0.5, 0.6) is 0 Å². The first-order chi connectivity index (χ1) is 9.81. The Labute approximate surface area is 130 Å². The van der Waals surface area contributed by atoms with Crippen molar-refractivity contribution in [2.24, 2.45) is 5.41 Å². The molecule has 0 aliphatic carbocycles. The van der Waals surface area contributed by atoms with Crippen molar-refractivity contribution in [2.45, 2.75) is 85.6 Å². The molecule has 0 aromatic rings. The third kappa shape index (κ3) is 10.3. The summed E-state index contributed by atoms with van der Waals surface area (Å²) in [5.41, 5.74) is 0.0643. The number of carbonyl (C=O) groups is 2. The standard InChI is InChI=1S/C17H34N2O2/c1-6-10-15(20)18-13-9-8-12-14(17(3,4)5)19-16(21)11-7-2/h14H,6-13H2,1-5H3,(H,18,20)(H,19,21)/t14-/m0/s1. The molecule has 0 aromatic carbocycles. The molecule has 0 aliphatic heterocycles. The number of rotatable bonds is 10. The second kappa shape index (κ2) is 10.6. The molecule has 4 heteroatoms. The number of nitrogens with one attached hydrogen (secondary N) is 2. The zero-order valence-corrected chi connectivity index (χ0v) is 14.6. The predicted molar refractivity (Wildman–Crippen MR) is 88.1 cm³/mol. The summed E-state index contributed by atoms with van der Waals surface area (Å²) in [6.45, 7) is 11.2. The molecule has 0 aliphatic rings. The summed E-state index contributed by atoms with van der Waals surface area (Å²) in [4.78, 5) is 23.1. The van der Waals surface area contributed by atoms with E-state index in [-0.39, 0.29) is 23.3 Å². The first-order valence-corrected chi connectivity index (χ1v) is 8.37. The van der Waals surface area contributed by atoms with Gasteiger partial charge in [-0.15, -0.1) is 0 Å². The summed E-state index contributed by atoms with van der Waals surface area (Å²) >= 11 is 0. The van der Waals surface area contributed by atoms with Crippen LogP contribution in [0.1, 0.15) is 79.6 Å². The normalized spacial score (nSPS) is 12.8. The summed E-state index contributed by atoms with van der Waals surface area (Å²) in [5, 5.41) is 6.08. The average molecular weight is 298 g/mol. The van der Waals surface area contributed by atoms with Crippen molar-refractivity contribution in [2.75, 3.05) is 6.54 Å². The molecule has 0 spiro atoms. The highest BCUT2D eigenvalue weighted by molar-refractivity contribution is 5.76. The lowest BCUT2D eigenvalue weighted by Crippen LogP contribution is -2.43. The van der Waals surface area contributed by atoms with Gasteiger partial charge in [-0.25, -0.2) is 0 Å². The molecule has 0 aromatic heterocycles. The van der Waals surface area contributed by atoms with Gasteiger partial charge in [0, 0.05) is 25.4 Å². The zero-order valence-electron chi connectivity index (χ0n) is 14.6. The zero-order chi connectivity index (χ0) is 16.3. The van der Waals surface area contributed by atoms with Crippen LogP contribution >= 0.6 is 0 Å². The Morgan fingerprint density at radius 1 is 0.952 bits per heavy atom. The van der Waals surface area contributed by atoms with Gasteiger partial charge in [-0.3, -0.25) is 9.59 Å². The third-order valence-corrected chi connectivity index (χ3v) is 3.58. The monoisotopic (exact) mass is 298 g/mol. The summed E-state index contributed by atoms with van der Waals surface area (Å²) in [5.74, 6) is 0.287. The van der Waals surface area contributed by atoms with Gasteiger partial charge >= 0.3 is 0 Å². The van der Waals surface area contributed by atoms with Gasteiger partial charge in [-0.1, -0.05) is 34.6 Å². The molecule has 0 bridgehead atoms.